The average Bonchev–Trinajstić information content (AvgIpc) is 2.70. The van der Waals surface area contributed by atoms with Gasteiger partial charge in [0.25, 0.3) is 0 Å². The molecule has 0 N–H and O–H groups in total. The second-order valence-corrected chi connectivity index (χ2v) is 6.76. The molecule has 1 unspecified atom stereocenters. The number of nitrogens with zero attached hydrogens (tertiary/aromatic N) is 1. The van der Waals surface area contributed by atoms with Crippen LogP contribution < -0.4 is 4.74 Å². The van der Waals surface area contributed by atoms with Gasteiger partial charge in [-0.15, -0.1) is 0 Å². The molecular formula is C22H23F2NO2. The number of Topliss-reactive ketones (excluding diaryl/α,β-unsaturated/α-hetero) is 1. The molecule has 1 aliphatic rings. The van der Waals surface area contributed by atoms with E-state index in [1.165, 1.54) is 0 Å². The van der Waals surface area contributed by atoms with Gasteiger partial charge in [-0.2, -0.15) is 0 Å². The van der Waals surface area contributed by atoms with Crippen molar-refractivity contribution in [3.8, 4) is 5.75 Å². The number of carbonyl (C=O) groups excluding carboxylic acids is 1. The van der Waals surface area contributed by atoms with E-state index in [1.807, 2.05) is 30.3 Å². The van der Waals surface area contributed by atoms with Gasteiger partial charge in [-0.3, -0.25) is 9.69 Å². The molecule has 3 nitrogen and oxygen atoms in total. The molecular weight excluding hydrogens is 348 g/mol. The van der Waals surface area contributed by atoms with Crippen LogP contribution in [-0.4, -0.2) is 37.4 Å². The predicted octanol–water partition coefficient (Wildman–Crippen LogP) is 4.58. The first-order valence-electron chi connectivity index (χ1n) is 9.09. The number of piperidine rings is 1. The fraction of sp³-hybridized carbons (Fsp3) is 0.318. The van der Waals surface area contributed by atoms with Crippen molar-refractivity contribution in [2.45, 2.75) is 12.8 Å². The van der Waals surface area contributed by atoms with Gasteiger partial charge in [-0.05, 0) is 55.3 Å². The third kappa shape index (κ3) is 5.01. The molecule has 1 atom stereocenters. The van der Waals surface area contributed by atoms with Crippen molar-refractivity contribution >= 4 is 11.9 Å². The number of ether oxygens (including phenoxy) is 1. The van der Waals surface area contributed by atoms with Gasteiger partial charge in [0.2, 0.25) is 0 Å². The van der Waals surface area contributed by atoms with Crippen molar-refractivity contribution in [3.63, 3.8) is 0 Å². The van der Waals surface area contributed by atoms with Crippen molar-refractivity contribution in [3.05, 3.63) is 71.3 Å². The molecule has 0 radical (unpaired) electrons. The zero-order chi connectivity index (χ0) is 19.2. The van der Waals surface area contributed by atoms with Crippen molar-refractivity contribution < 1.29 is 18.3 Å². The molecule has 0 aromatic heterocycles. The summed E-state index contributed by atoms with van der Waals surface area (Å²) in [5, 5.41) is 0. The van der Waals surface area contributed by atoms with Crippen molar-refractivity contribution in [2.24, 2.45) is 5.92 Å². The Labute approximate surface area is 158 Å². The zero-order valence-electron chi connectivity index (χ0n) is 15.3. The molecule has 1 heterocycles. The molecule has 1 fully saturated rings. The van der Waals surface area contributed by atoms with E-state index in [0.717, 1.165) is 42.5 Å². The van der Waals surface area contributed by atoms with E-state index in [0.29, 0.717) is 19.5 Å². The normalized spacial score (nSPS) is 18.0. The van der Waals surface area contributed by atoms with Crippen LogP contribution in [0.4, 0.5) is 8.78 Å². The Bertz CT molecular complexity index is 818. The number of ketones is 1. The van der Waals surface area contributed by atoms with Gasteiger partial charge in [0.05, 0.1) is 12.7 Å². The summed E-state index contributed by atoms with van der Waals surface area (Å²) >= 11 is 0. The Balaban J connectivity index is 1.59. The monoisotopic (exact) mass is 371 g/mol. The van der Waals surface area contributed by atoms with E-state index in [1.54, 1.807) is 7.11 Å². The van der Waals surface area contributed by atoms with Crippen LogP contribution in [0.3, 0.4) is 0 Å². The lowest BCUT2D eigenvalue weighted by Crippen LogP contribution is -2.39. The third-order valence-electron chi connectivity index (χ3n) is 4.86. The Morgan fingerprint density at radius 3 is 2.74 bits per heavy atom. The minimum Gasteiger partial charge on any atom is -0.497 e. The number of halogens is 2. The molecule has 142 valence electrons. The topological polar surface area (TPSA) is 29.5 Å². The average molecular weight is 371 g/mol. The summed E-state index contributed by atoms with van der Waals surface area (Å²) < 4.78 is 32.4. The summed E-state index contributed by atoms with van der Waals surface area (Å²) in [7, 11) is 1.63. The SMILES string of the molecule is COc1ccc(/C=C/CN2CCCC(C(=O)c3cc(F)ccc3F)C2)cc1. The first kappa shape index (κ1) is 19.2. The van der Waals surface area contributed by atoms with Gasteiger partial charge in [0.1, 0.15) is 17.4 Å². The molecule has 0 saturated carbocycles. The molecule has 5 heteroatoms. The Hall–Kier alpha value is -2.53. The maximum absolute atomic E-state index is 13.9. The van der Waals surface area contributed by atoms with Crippen LogP contribution in [0, 0.1) is 17.6 Å². The second kappa shape index (κ2) is 8.91. The van der Waals surface area contributed by atoms with Gasteiger partial charge in [0.15, 0.2) is 5.78 Å². The second-order valence-electron chi connectivity index (χ2n) is 6.76. The van der Waals surface area contributed by atoms with E-state index in [4.69, 9.17) is 4.74 Å². The fourth-order valence-corrected chi connectivity index (χ4v) is 3.39. The Morgan fingerprint density at radius 1 is 1.22 bits per heavy atom. The maximum Gasteiger partial charge on any atom is 0.170 e. The van der Waals surface area contributed by atoms with E-state index in [-0.39, 0.29) is 17.3 Å². The highest BCUT2D eigenvalue weighted by molar-refractivity contribution is 5.98. The highest BCUT2D eigenvalue weighted by Gasteiger charge is 2.28. The van der Waals surface area contributed by atoms with Crippen molar-refractivity contribution in [1.82, 2.24) is 4.90 Å². The van der Waals surface area contributed by atoms with E-state index in [9.17, 15) is 13.6 Å². The standard InChI is InChI=1S/C22H23F2NO2/c1-27-19-9-6-16(7-10-19)4-2-12-25-13-3-5-17(15-25)22(26)20-14-18(23)8-11-21(20)24/h2,4,6-11,14,17H,3,5,12-13,15H2,1H3/b4-2+. The molecule has 1 saturated heterocycles. The Morgan fingerprint density at radius 2 is 2.00 bits per heavy atom. The van der Waals surface area contributed by atoms with E-state index in [2.05, 4.69) is 11.0 Å². The lowest BCUT2D eigenvalue weighted by Gasteiger charge is -2.31. The van der Waals surface area contributed by atoms with Crippen molar-refractivity contribution in [2.75, 3.05) is 26.7 Å². The largest absolute Gasteiger partial charge is 0.497 e. The number of carbonyl (C=O) groups is 1. The Kier molecular flexibility index (Phi) is 6.35. The summed E-state index contributed by atoms with van der Waals surface area (Å²) in [6.07, 6.45) is 5.64. The zero-order valence-corrected chi connectivity index (χ0v) is 15.3. The summed E-state index contributed by atoms with van der Waals surface area (Å²) in [6, 6.07) is 10.8. The van der Waals surface area contributed by atoms with Crippen LogP contribution in [-0.2, 0) is 0 Å². The third-order valence-corrected chi connectivity index (χ3v) is 4.86. The highest BCUT2D eigenvalue weighted by Crippen LogP contribution is 2.23. The molecule has 27 heavy (non-hydrogen) atoms. The number of rotatable bonds is 6. The maximum atomic E-state index is 13.9. The minimum absolute atomic E-state index is 0.143. The molecule has 3 rings (SSSR count). The first-order chi connectivity index (χ1) is 13.1. The van der Waals surface area contributed by atoms with Crippen LogP contribution >= 0.6 is 0 Å². The lowest BCUT2D eigenvalue weighted by atomic mass is 9.89. The minimum atomic E-state index is -0.655. The molecule has 0 aliphatic carbocycles. The van der Waals surface area contributed by atoms with Gasteiger partial charge in [-0.25, -0.2) is 8.78 Å². The van der Waals surface area contributed by atoms with Gasteiger partial charge in [-0.1, -0.05) is 24.3 Å². The number of hydrogen-bond acceptors (Lipinski definition) is 3. The van der Waals surface area contributed by atoms with Crippen LogP contribution in [0.15, 0.2) is 48.5 Å². The van der Waals surface area contributed by atoms with Crippen LogP contribution in [0.5, 0.6) is 5.75 Å². The van der Waals surface area contributed by atoms with E-state index < -0.39 is 11.6 Å². The number of methoxy groups -OCH3 is 1. The summed E-state index contributed by atoms with van der Waals surface area (Å²) in [5.74, 6) is -1.04. The fourth-order valence-electron chi connectivity index (χ4n) is 3.39. The molecule has 2 aromatic carbocycles. The van der Waals surface area contributed by atoms with Crippen LogP contribution in [0.1, 0.15) is 28.8 Å². The number of hydrogen-bond donors (Lipinski definition) is 0. The van der Waals surface area contributed by atoms with Gasteiger partial charge >= 0.3 is 0 Å². The summed E-state index contributed by atoms with van der Waals surface area (Å²) in [5.41, 5.74) is 0.929. The highest BCUT2D eigenvalue weighted by atomic mass is 19.1. The molecule has 1 aliphatic heterocycles. The van der Waals surface area contributed by atoms with Gasteiger partial charge in [0, 0.05) is 19.0 Å². The summed E-state index contributed by atoms with van der Waals surface area (Å²) in [6.45, 7) is 2.16. The van der Waals surface area contributed by atoms with Crippen LogP contribution in [0.2, 0.25) is 0 Å². The van der Waals surface area contributed by atoms with Crippen molar-refractivity contribution in [1.29, 1.82) is 0 Å². The molecule has 2 aromatic rings. The molecule has 0 amide bonds. The quantitative estimate of drug-likeness (QED) is 0.696. The van der Waals surface area contributed by atoms with Crippen LogP contribution in [0.25, 0.3) is 6.08 Å². The number of benzene rings is 2. The summed E-state index contributed by atoms with van der Waals surface area (Å²) in [4.78, 5) is 14.8. The van der Waals surface area contributed by atoms with E-state index >= 15 is 0 Å². The lowest BCUT2D eigenvalue weighted by molar-refractivity contribution is 0.0827. The molecule has 0 spiro atoms. The first-order valence-corrected chi connectivity index (χ1v) is 9.09. The smallest absolute Gasteiger partial charge is 0.170 e. The number of likely N-dealkylation sites (tertiary alicyclic amines) is 1. The molecule has 0 bridgehead atoms. The van der Waals surface area contributed by atoms with Gasteiger partial charge < -0.3 is 4.74 Å². The predicted molar refractivity (Wildman–Crippen MR) is 102 cm³/mol.